The Bertz CT molecular complexity index is 787. The lowest BCUT2D eigenvalue weighted by atomic mass is 9.70. The van der Waals surface area contributed by atoms with Crippen molar-refractivity contribution in [3.63, 3.8) is 0 Å². The van der Waals surface area contributed by atoms with E-state index in [9.17, 15) is 5.11 Å². The minimum atomic E-state index is -0.418. The molecule has 3 fully saturated rings. The van der Waals surface area contributed by atoms with Crippen LogP contribution in [0.3, 0.4) is 0 Å². The molecule has 0 radical (unpaired) electrons. The van der Waals surface area contributed by atoms with Gasteiger partial charge in [-0.2, -0.15) is 0 Å². The van der Waals surface area contributed by atoms with Crippen LogP contribution in [0.2, 0.25) is 0 Å². The molecule has 0 unspecified atom stereocenters. The molecular weight excluding hydrogens is 392 g/mol. The van der Waals surface area contributed by atoms with Crippen LogP contribution < -0.4 is 9.47 Å². The summed E-state index contributed by atoms with van der Waals surface area (Å²) >= 11 is 0. The van der Waals surface area contributed by atoms with E-state index in [1.54, 1.807) is 0 Å². The van der Waals surface area contributed by atoms with E-state index in [2.05, 4.69) is 42.7 Å². The summed E-state index contributed by atoms with van der Waals surface area (Å²) in [6, 6.07) is 6.22. The quantitative estimate of drug-likeness (QED) is 0.717. The summed E-state index contributed by atoms with van der Waals surface area (Å²) in [5.41, 5.74) is 1.79. The molecule has 0 amide bonds. The first-order valence-corrected chi connectivity index (χ1v) is 12.0. The molecule has 6 nitrogen and oxygen atoms in total. The molecule has 172 valence electrons. The molecule has 2 aliphatic heterocycles. The van der Waals surface area contributed by atoms with Crippen molar-refractivity contribution in [1.29, 1.82) is 0 Å². The Labute approximate surface area is 186 Å². The van der Waals surface area contributed by atoms with Crippen LogP contribution in [0.4, 0.5) is 0 Å². The van der Waals surface area contributed by atoms with Gasteiger partial charge in [0.15, 0.2) is 11.5 Å². The van der Waals surface area contributed by atoms with Crippen LogP contribution in [0.5, 0.6) is 11.5 Å². The van der Waals surface area contributed by atoms with E-state index >= 15 is 0 Å². The van der Waals surface area contributed by atoms with E-state index in [-0.39, 0.29) is 11.5 Å². The molecule has 1 aromatic carbocycles. The van der Waals surface area contributed by atoms with Crippen molar-refractivity contribution in [3.05, 3.63) is 23.8 Å². The van der Waals surface area contributed by atoms with Gasteiger partial charge in [-0.15, -0.1) is 0 Å². The number of hydrogen-bond acceptors (Lipinski definition) is 6. The van der Waals surface area contributed by atoms with Gasteiger partial charge in [0.2, 0.25) is 6.79 Å². The standard InChI is InChI=1S/C25H38N2O4/c1-24(2)19-6-7-25(3,13-19)23(24)29-16-20(28)15-27-10-8-26(9-11-27)14-18-4-5-21-22(12-18)31-17-30-21/h4-5,12,19-20,23,28H,6-11,13-17H2,1-3H3/t19-,20+,23-,25+/m0/s1. The molecule has 1 saturated heterocycles. The Morgan fingerprint density at radius 1 is 1.10 bits per heavy atom. The van der Waals surface area contributed by atoms with Crippen LogP contribution >= 0.6 is 0 Å². The van der Waals surface area contributed by atoms with Crippen molar-refractivity contribution in [1.82, 2.24) is 9.80 Å². The number of aliphatic hydroxyl groups excluding tert-OH is 1. The molecular formula is C25H38N2O4. The zero-order chi connectivity index (χ0) is 21.6. The van der Waals surface area contributed by atoms with Crippen LogP contribution in [0, 0.1) is 16.7 Å². The Morgan fingerprint density at radius 3 is 2.58 bits per heavy atom. The molecule has 1 N–H and O–H groups in total. The number of benzene rings is 1. The highest BCUT2D eigenvalue weighted by molar-refractivity contribution is 5.44. The molecule has 2 saturated carbocycles. The molecule has 4 aliphatic rings. The topological polar surface area (TPSA) is 54.4 Å². The number of nitrogens with zero attached hydrogens (tertiary/aromatic N) is 2. The second-order valence-electron chi connectivity index (χ2n) is 11.0. The SMILES string of the molecule is CC1(C)[C@H]2CC[C@](C)(C2)[C@H]1OC[C@H](O)CN1CCN(Cc2ccc3c(c2)OCO3)CC1. The molecule has 5 rings (SSSR count). The fraction of sp³-hybridized carbons (Fsp3) is 0.760. The monoisotopic (exact) mass is 430 g/mol. The molecule has 0 spiro atoms. The summed E-state index contributed by atoms with van der Waals surface area (Å²) in [6.45, 7) is 13.5. The normalized spacial score (nSPS) is 33.2. The van der Waals surface area contributed by atoms with Crippen molar-refractivity contribution in [3.8, 4) is 11.5 Å². The van der Waals surface area contributed by atoms with E-state index in [1.807, 2.05) is 6.07 Å². The van der Waals surface area contributed by atoms with E-state index in [0.717, 1.165) is 50.1 Å². The number of fused-ring (bicyclic) bond motifs is 3. The first-order valence-electron chi connectivity index (χ1n) is 12.0. The number of hydrogen-bond donors (Lipinski definition) is 1. The Kier molecular flexibility index (Phi) is 5.70. The van der Waals surface area contributed by atoms with Crippen molar-refractivity contribution in [2.24, 2.45) is 16.7 Å². The van der Waals surface area contributed by atoms with Gasteiger partial charge in [-0.25, -0.2) is 0 Å². The summed E-state index contributed by atoms with van der Waals surface area (Å²) in [6.07, 6.45) is 3.74. The van der Waals surface area contributed by atoms with E-state index in [0.29, 0.717) is 25.4 Å². The summed E-state index contributed by atoms with van der Waals surface area (Å²) in [5.74, 6) is 2.47. The summed E-state index contributed by atoms with van der Waals surface area (Å²) < 4.78 is 17.3. The van der Waals surface area contributed by atoms with Crippen molar-refractivity contribution >= 4 is 0 Å². The lowest BCUT2D eigenvalue weighted by molar-refractivity contribution is -0.114. The number of ether oxygens (including phenoxy) is 3. The minimum absolute atomic E-state index is 0.229. The number of β-amino-alcohol motifs (C(OH)–C–C–N with tert-alkyl or cyclic N) is 1. The zero-order valence-electron chi connectivity index (χ0n) is 19.3. The molecule has 31 heavy (non-hydrogen) atoms. The van der Waals surface area contributed by atoms with Crippen LogP contribution in [-0.2, 0) is 11.3 Å². The molecule has 4 atom stereocenters. The van der Waals surface area contributed by atoms with Crippen LogP contribution in [0.15, 0.2) is 18.2 Å². The molecule has 2 bridgehead atoms. The van der Waals surface area contributed by atoms with Gasteiger partial charge in [0.25, 0.3) is 0 Å². The second kappa shape index (κ2) is 8.22. The van der Waals surface area contributed by atoms with Gasteiger partial charge in [0.05, 0.1) is 18.8 Å². The minimum Gasteiger partial charge on any atom is -0.454 e. The van der Waals surface area contributed by atoms with Gasteiger partial charge < -0.3 is 19.3 Å². The number of piperazine rings is 1. The Balaban J connectivity index is 1.05. The maximum atomic E-state index is 10.7. The lowest BCUT2D eigenvalue weighted by Gasteiger charge is -2.43. The summed E-state index contributed by atoms with van der Waals surface area (Å²) in [5, 5.41) is 10.7. The van der Waals surface area contributed by atoms with Crippen LogP contribution in [-0.4, -0.2) is 73.2 Å². The largest absolute Gasteiger partial charge is 0.454 e. The average molecular weight is 431 g/mol. The Morgan fingerprint density at radius 2 is 1.84 bits per heavy atom. The fourth-order valence-electron chi connectivity index (χ4n) is 6.66. The summed E-state index contributed by atoms with van der Waals surface area (Å²) in [4.78, 5) is 4.84. The van der Waals surface area contributed by atoms with Gasteiger partial charge >= 0.3 is 0 Å². The Hall–Kier alpha value is -1.34. The first-order chi connectivity index (χ1) is 14.8. The highest BCUT2D eigenvalue weighted by Crippen LogP contribution is 2.63. The van der Waals surface area contributed by atoms with Crippen molar-refractivity contribution in [2.45, 2.75) is 58.8 Å². The summed E-state index contributed by atoms with van der Waals surface area (Å²) in [7, 11) is 0. The van der Waals surface area contributed by atoms with E-state index in [1.165, 1.54) is 24.8 Å². The third-order valence-corrected chi connectivity index (χ3v) is 8.37. The third kappa shape index (κ3) is 4.20. The molecule has 2 heterocycles. The number of rotatable bonds is 7. The molecule has 2 aliphatic carbocycles. The molecule has 6 heteroatoms. The van der Waals surface area contributed by atoms with Gasteiger partial charge in [-0.3, -0.25) is 9.80 Å². The van der Waals surface area contributed by atoms with E-state index < -0.39 is 6.10 Å². The molecule has 1 aromatic rings. The third-order valence-electron chi connectivity index (χ3n) is 8.37. The van der Waals surface area contributed by atoms with E-state index in [4.69, 9.17) is 14.2 Å². The zero-order valence-corrected chi connectivity index (χ0v) is 19.3. The number of aliphatic hydroxyl groups is 1. The highest BCUT2D eigenvalue weighted by atomic mass is 16.7. The maximum absolute atomic E-state index is 10.7. The average Bonchev–Trinajstić information content (AvgIpc) is 3.40. The fourth-order valence-corrected chi connectivity index (χ4v) is 6.66. The van der Waals surface area contributed by atoms with Crippen molar-refractivity contribution in [2.75, 3.05) is 46.1 Å². The smallest absolute Gasteiger partial charge is 0.231 e. The van der Waals surface area contributed by atoms with Gasteiger partial charge in [-0.1, -0.05) is 26.8 Å². The predicted octanol–water partition coefficient (Wildman–Crippen LogP) is 3.13. The predicted molar refractivity (Wildman–Crippen MR) is 119 cm³/mol. The van der Waals surface area contributed by atoms with Gasteiger partial charge in [-0.05, 0) is 53.7 Å². The van der Waals surface area contributed by atoms with Gasteiger partial charge in [0, 0.05) is 39.3 Å². The van der Waals surface area contributed by atoms with Crippen LogP contribution in [0.1, 0.15) is 45.6 Å². The lowest BCUT2D eigenvalue weighted by Crippen LogP contribution is -2.49. The maximum Gasteiger partial charge on any atom is 0.231 e. The van der Waals surface area contributed by atoms with Crippen molar-refractivity contribution < 1.29 is 19.3 Å². The second-order valence-corrected chi connectivity index (χ2v) is 11.0. The highest BCUT2D eigenvalue weighted by Gasteiger charge is 2.60. The molecule has 0 aromatic heterocycles. The van der Waals surface area contributed by atoms with Crippen LogP contribution in [0.25, 0.3) is 0 Å². The van der Waals surface area contributed by atoms with Gasteiger partial charge in [0.1, 0.15) is 0 Å². The first kappa shape index (κ1) is 21.5.